The van der Waals surface area contributed by atoms with Crippen LogP contribution in [0.4, 0.5) is 23.7 Å². The zero-order valence-electron chi connectivity index (χ0n) is 20.3. The molecule has 1 N–H and O–H groups in total. The minimum Gasteiger partial charge on any atom is -0.492 e. The number of carbonyl (C=O) groups excluding carboxylic acids is 1. The summed E-state index contributed by atoms with van der Waals surface area (Å²) in [6, 6.07) is 10.8. The minimum absolute atomic E-state index is 0.0425. The lowest BCUT2D eigenvalue weighted by Crippen LogP contribution is -2.42. The number of nitrogens with one attached hydrogen (secondary N) is 1. The van der Waals surface area contributed by atoms with E-state index in [4.69, 9.17) is 4.74 Å². The Labute approximate surface area is 207 Å². The lowest BCUT2D eigenvalue weighted by molar-refractivity contribution is -0.138. The third kappa shape index (κ3) is 5.89. The standard InChI is InChI=1S/C25H29F3N6O2/c1-3-36-23-15-20(9-10-22(23)34-17-30-18(2)31-34)32-11-6-12-33(14-13-32)24(35)29-16-19-7-4-5-8-21(19)25(26,27)28/h4-5,7-10,15,17H,3,6,11-14,16H2,1-2H3,(H,29,35). The molecule has 192 valence electrons. The molecule has 1 fully saturated rings. The lowest BCUT2D eigenvalue weighted by Gasteiger charge is -2.25. The van der Waals surface area contributed by atoms with Gasteiger partial charge in [-0.15, -0.1) is 0 Å². The van der Waals surface area contributed by atoms with E-state index in [-0.39, 0.29) is 18.1 Å². The second kappa shape index (κ2) is 10.9. The van der Waals surface area contributed by atoms with Gasteiger partial charge in [0.05, 0.1) is 12.2 Å². The Morgan fingerprint density at radius 3 is 2.64 bits per heavy atom. The van der Waals surface area contributed by atoms with Crippen molar-refractivity contribution < 1.29 is 22.7 Å². The minimum atomic E-state index is -4.47. The van der Waals surface area contributed by atoms with Gasteiger partial charge in [0.2, 0.25) is 0 Å². The molecule has 1 saturated heterocycles. The van der Waals surface area contributed by atoms with Crippen LogP contribution in [0.5, 0.6) is 5.75 Å². The molecule has 0 saturated carbocycles. The van der Waals surface area contributed by atoms with Gasteiger partial charge in [-0.05, 0) is 44.0 Å². The quantitative estimate of drug-likeness (QED) is 0.540. The number of aryl methyl sites for hydroxylation is 1. The van der Waals surface area contributed by atoms with Crippen LogP contribution in [0.25, 0.3) is 5.69 Å². The predicted octanol–water partition coefficient (Wildman–Crippen LogP) is 4.42. The van der Waals surface area contributed by atoms with Gasteiger partial charge in [-0.2, -0.15) is 18.3 Å². The number of amides is 2. The van der Waals surface area contributed by atoms with Gasteiger partial charge in [-0.3, -0.25) is 0 Å². The molecule has 0 spiro atoms. The van der Waals surface area contributed by atoms with Crippen molar-refractivity contribution in [3.8, 4) is 11.4 Å². The molecule has 2 amide bonds. The van der Waals surface area contributed by atoms with Crippen LogP contribution in [0.2, 0.25) is 0 Å². The van der Waals surface area contributed by atoms with Gasteiger partial charge in [-0.25, -0.2) is 14.5 Å². The molecule has 0 bridgehead atoms. The van der Waals surface area contributed by atoms with Crippen LogP contribution in [0, 0.1) is 6.92 Å². The van der Waals surface area contributed by atoms with Crippen molar-refractivity contribution in [2.45, 2.75) is 33.0 Å². The Bertz CT molecular complexity index is 1200. The first kappa shape index (κ1) is 25.3. The summed E-state index contributed by atoms with van der Waals surface area (Å²) in [7, 11) is 0. The van der Waals surface area contributed by atoms with E-state index in [1.807, 2.05) is 32.0 Å². The molecule has 11 heteroatoms. The molecule has 8 nitrogen and oxygen atoms in total. The molecule has 0 radical (unpaired) electrons. The summed E-state index contributed by atoms with van der Waals surface area (Å²) < 4.78 is 47.3. The molecule has 3 aromatic rings. The molecule has 0 unspecified atom stereocenters. The van der Waals surface area contributed by atoms with E-state index in [2.05, 4.69) is 20.3 Å². The summed E-state index contributed by atoms with van der Waals surface area (Å²) in [5.41, 5.74) is 1.06. The lowest BCUT2D eigenvalue weighted by atomic mass is 10.1. The molecule has 2 heterocycles. The van der Waals surface area contributed by atoms with Gasteiger partial charge in [-0.1, -0.05) is 18.2 Å². The number of urea groups is 1. The van der Waals surface area contributed by atoms with E-state index >= 15 is 0 Å². The van der Waals surface area contributed by atoms with Crippen LogP contribution in [0.15, 0.2) is 48.8 Å². The zero-order chi connectivity index (χ0) is 25.7. The first-order valence-corrected chi connectivity index (χ1v) is 11.8. The van der Waals surface area contributed by atoms with Gasteiger partial charge in [0, 0.05) is 44.5 Å². The monoisotopic (exact) mass is 502 g/mol. The Morgan fingerprint density at radius 1 is 1.11 bits per heavy atom. The topological polar surface area (TPSA) is 75.5 Å². The number of halogens is 3. The van der Waals surface area contributed by atoms with Crippen molar-refractivity contribution in [1.29, 1.82) is 0 Å². The van der Waals surface area contributed by atoms with Crippen molar-refractivity contribution in [3.05, 3.63) is 65.7 Å². The van der Waals surface area contributed by atoms with Crippen molar-refractivity contribution in [2.24, 2.45) is 0 Å². The molecule has 2 aromatic carbocycles. The molecule has 4 rings (SSSR count). The Hall–Kier alpha value is -3.76. The highest BCUT2D eigenvalue weighted by Crippen LogP contribution is 2.32. The second-order valence-electron chi connectivity index (χ2n) is 8.46. The van der Waals surface area contributed by atoms with Crippen LogP contribution in [0.1, 0.15) is 30.3 Å². The Morgan fingerprint density at radius 2 is 1.92 bits per heavy atom. The van der Waals surface area contributed by atoms with Gasteiger partial charge in [0.25, 0.3) is 0 Å². The van der Waals surface area contributed by atoms with E-state index in [1.165, 1.54) is 18.2 Å². The highest BCUT2D eigenvalue weighted by molar-refractivity contribution is 5.74. The molecular formula is C25H29F3N6O2. The maximum Gasteiger partial charge on any atom is 0.416 e. The number of aromatic nitrogens is 3. The summed E-state index contributed by atoms with van der Waals surface area (Å²) in [5.74, 6) is 1.34. The van der Waals surface area contributed by atoms with Crippen molar-refractivity contribution in [2.75, 3.05) is 37.7 Å². The average molecular weight is 503 g/mol. The molecule has 1 aliphatic heterocycles. The number of hydrogen-bond donors (Lipinski definition) is 1. The zero-order valence-corrected chi connectivity index (χ0v) is 20.3. The van der Waals surface area contributed by atoms with Crippen LogP contribution in [-0.2, 0) is 12.7 Å². The molecule has 1 aliphatic rings. The third-order valence-corrected chi connectivity index (χ3v) is 6.00. The SMILES string of the molecule is CCOc1cc(N2CCCN(C(=O)NCc3ccccc3C(F)(F)F)CC2)ccc1-n1cnc(C)n1. The molecule has 0 atom stereocenters. The number of rotatable bonds is 6. The summed E-state index contributed by atoms with van der Waals surface area (Å²) >= 11 is 0. The van der Waals surface area contributed by atoms with Gasteiger partial charge < -0.3 is 19.9 Å². The van der Waals surface area contributed by atoms with Crippen LogP contribution >= 0.6 is 0 Å². The second-order valence-corrected chi connectivity index (χ2v) is 8.46. The summed E-state index contributed by atoms with van der Waals surface area (Å²) in [4.78, 5) is 20.7. The fourth-order valence-corrected chi connectivity index (χ4v) is 4.23. The van der Waals surface area contributed by atoms with Gasteiger partial charge >= 0.3 is 12.2 Å². The number of anilines is 1. The molecule has 36 heavy (non-hydrogen) atoms. The van der Waals surface area contributed by atoms with Crippen molar-refractivity contribution in [3.63, 3.8) is 0 Å². The number of nitrogens with zero attached hydrogens (tertiary/aromatic N) is 5. The van der Waals surface area contributed by atoms with Crippen LogP contribution < -0.4 is 15.0 Å². The summed E-state index contributed by atoms with van der Waals surface area (Å²) in [6.07, 6.45) is -2.10. The maximum atomic E-state index is 13.2. The van der Waals surface area contributed by atoms with Gasteiger partial charge in [0.1, 0.15) is 23.6 Å². The Balaban J connectivity index is 1.41. The van der Waals surface area contributed by atoms with Crippen molar-refractivity contribution >= 4 is 11.7 Å². The van der Waals surface area contributed by atoms with Gasteiger partial charge in [0.15, 0.2) is 0 Å². The average Bonchev–Trinajstić information content (AvgIpc) is 3.13. The Kier molecular flexibility index (Phi) is 7.66. The summed E-state index contributed by atoms with van der Waals surface area (Å²) in [5, 5.41) is 7.02. The first-order chi connectivity index (χ1) is 17.3. The third-order valence-electron chi connectivity index (χ3n) is 6.00. The van der Waals surface area contributed by atoms with E-state index < -0.39 is 11.7 Å². The number of alkyl halides is 3. The highest BCUT2D eigenvalue weighted by atomic mass is 19.4. The first-order valence-electron chi connectivity index (χ1n) is 11.8. The van der Waals surface area contributed by atoms with E-state index in [1.54, 1.807) is 15.9 Å². The smallest absolute Gasteiger partial charge is 0.416 e. The largest absolute Gasteiger partial charge is 0.492 e. The van der Waals surface area contributed by atoms with Crippen LogP contribution in [0.3, 0.4) is 0 Å². The molecule has 0 aliphatic carbocycles. The number of hydrogen-bond acceptors (Lipinski definition) is 5. The number of benzene rings is 2. The fourth-order valence-electron chi connectivity index (χ4n) is 4.23. The normalized spacial score (nSPS) is 14.5. The molecular weight excluding hydrogens is 473 g/mol. The van der Waals surface area contributed by atoms with E-state index in [0.717, 1.165) is 30.4 Å². The predicted molar refractivity (Wildman–Crippen MR) is 129 cm³/mol. The van der Waals surface area contributed by atoms with E-state index in [0.29, 0.717) is 37.8 Å². The van der Waals surface area contributed by atoms with E-state index in [9.17, 15) is 18.0 Å². The van der Waals surface area contributed by atoms with Crippen molar-refractivity contribution in [1.82, 2.24) is 25.0 Å². The summed E-state index contributed by atoms with van der Waals surface area (Å²) in [6.45, 7) is 6.32. The maximum absolute atomic E-state index is 13.2. The highest BCUT2D eigenvalue weighted by Gasteiger charge is 2.33. The number of ether oxygens (including phenoxy) is 1. The number of carbonyl (C=O) groups is 1. The fraction of sp³-hybridized carbons (Fsp3) is 0.400. The molecule has 1 aromatic heterocycles. The van der Waals surface area contributed by atoms with Crippen LogP contribution in [-0.4, -0.2) is 58.5 Å².